The smallest absolute Gasteiger partial charge is 0.257 e. The minimum absolute atomic E-state index is 0.312. The number of carbonyl (C=O) groups excluding carboxylic acids is 2. The second-order valence-electron chi connectivity index (χ2n) is 4.29. The summed E-state index contributed by atoms with van der Waals surface area (Å²) in [4.78, 5) is 24.4. The first-order valence-electron chi connectivity index (χ1n) is 5.76. The van der Waals surface area contributed by atoms with Crippen LogP contribution in [-0.2, 0) is 0 Å². The molecule has 20 heavy (non-hydrogen) atoms. The number of fused-ring (bicyclic) bond motifs is 2. The van der Waals surface area contributed by atoms with Gasteiger partial charge in [0.05, 0.1) is 22.5 Å². The van der Waals surface area contributed by atoms with Gasteiger partial charge < -0.3 is 10.6 Å². The molecule has 0 spiro atoms. The Kier molecular flexibility index (Phi) is 3.12. The van der Waals surface area contributed by atoms with Gasteiger partial charge in [-0.05, 0) is 36.4 Å². The van der Waals surface area contributed by atoms with Crippen molar-refractivity contribution in [1.29, 1.82) is 0 Å². The molecule has 1 aliphatic rings. The fourth-order valence-electron chi connectivity index (χ4n) is 2.01. The van der Waals surface area contributed by atoms with Gasteiger partial charge in [0, 0.05) is 10.0 Å². The summed E-state index contributed by atoms with van der Waals surface area (Å²) >= 11 is 11.8. The average molecular weight is 307 g/mol. The summed E-state index contributed by atoms with van der Waals surface area (Å²) < 4.78 is 0. The Morgan fingerprint density at radius 1 is 0.700 bits per heavy atom. The second-order valence-corrected chi connectivity index (χ2v) is 5.16. The van der Waals surface area contributed by atoms with Crippen LogP contribution in [-0.4, -0.2) is 11.8 Å². The number of hydrogen-bond donors (Lipinski definition) is 2. The first-order valence-corrected chi connectivity index (χ1v) is 6.52. The van der Waals surface area contributed by atoms with E-state index < -0.39 is 0 Å². The van der Waals surface area contributed by atoms with Crippen molar-refractivity contribution in [2.45, 2.75) is 0 Å². The third-order valence-electron chi connectivity index (χ3n) is 2.95. The van der Waals surface area contributed by atoms with Gasteiger partial charge in [-0.15, -0.1) is 0 Å². The Hall–Kier alpha value is -2.04. The molecule has 2 aromatic rings. The van der Waals surface area contributed by atoms with Gasteiger partial charge in [-0.3, -0.25) is 9.59 Å². The Morgan fingerprint density at radius 3 is 1.50 bits per heavy atom. The van der Waals surface area contributed by atoms with E-state index in [0.717, 1.165) is 0 Å². The van der Waals surface area contributed by atoms with Crippen LogP contribution in [0.25, 0.3) is 0 Å². The van der Waals surface area contributed by atoms with Crippen molar-refractivity contribution in [3.05, 3.63) is 57.6 Å². The van der Waals surface area contributed by atoms with Crippen LogP contribution in [0.3, 0.4) is 0 Å². The van der Waals surface area contributed by atoms with Crippen LogP contribution in [0.2, 0.25) is 10.0 Å². The van der Waals surface area contributed by atoms with Crippen molar-refractivity contribution in [1.82, 2.24) is 0 Å². The van der Waals surface area contributed by atoms with Crippen LogP contribution in [0.1, 0.15) is 20.7 Å². The van der Waals surface area contributed by atoms with Crippen molar-refractivity contribution >= 4 is 46.4 Å². The largest absolute Gasteiger partial charge is 0.321 e. The highest BCUT2D eigenvalue weighted by Gasteiger charge is 2.22. The van der Waals surface area contributed by atoms with Crippen molar-refractivity contribution in [2.75, 3.05) is 10.6 Å². The third-order valence-corrected chi connectivity index (χ3v) is 3.42. The number of amides is 2. The van der Waals surface area contributed by atoms with Crippen LogP contribution >= 0.6 is 23.2 Å². The zero-order chi connectivity index (χ0) is 14.3. The number of rotatable bonds is 0. The predicted octanol–water partition coefficient (Wildman–Crippen LogP) is 3.81. The van der Waals surface area contributed by atoms with E-state index in [-0.39, 0.29) is 11.8 Å². The quantitative estimate of drug-likeness (QED) is 0.777. The van der Waals surface area contributed by atoms with Crippen molar-refractivity contribution in [3.63, 3.8) is 0 Å². The Morgan fingerprint density at radius 2 is 1.10 bits per heavy atom. The molecule has 0 saturated carbocycles. The maximum absolute atomic E-state index is 12.2. The number of hydrogen-bond acceptors (Lipinski definition) is 2. The Balaban J connectivity index is 2.15. The van der Waals surface area contributed by atoms with Gasteiger partial charge in [-0.2, -0.15) is 0 Å². The first-order chi connectivity index (χ1) is 9.54. The Bertz CT molecular complexity index is 680. The zero-order valence-corrected chi connectivity index (χ0v) is 11.5. The summed E-state index contributed by atoms with van der Waals surface area (Å²) in [7, 11) is 0. The molecular formula is C14H8Cl2N2O2. The maximum Gasteiger partial charge on any atom is 0.257 e. The highest BCUT2D eigenvalue weighted by molar-refractivity contribution is 6.32. The fourth-order valence-corrected chi connectivity index (χ4v) is 2.35. The molecule has 2 amide bonds. The van der Waals surface area contributed by atoms with Crippen LogP contribution in [0, 0.1) is 0 Å². The summed E-state index contributed by atoms with van der Waals surface area (Å²) in [5.41, 5.74) is 1.43. The second kappa shape index (κ2) is 4.81. The standard InChI is InChI=1S/C14H8Cl2N2O2/c15-7-1-3-11-9(5-7)13(19)18-12-4-2-8(16)6-10(12)14(20)17-11/h1-6H,(H,17,20)(H,18,19). The number of carbonyl (C=O) groups is 2. The normalized spacial score (nSPS) is 13.5. The molecule has 1 aliphatic heterocycles. The Labute approximate surface area is 124 Å². The summed E-state index contributed by atoms with van der Waals surface area (Å²) in [6.07, 6.45) is 0. The van der Waals surface area contributed by atoms with Gasteiger partial charge in [0.15, 0.2) is 0 Å². The van der Waals surface area contributed by atoms with Gasteiger partial charge in [0.1, 0.15) is 0 Å². The number of anilines is 2. The molecular weight excluding hydrogens is 299 g/mol. The molecule has 0 aromatic heterocycles. The van der Waals surface area contributed by atoms with Gasteiger partial charge in [0.25, 0.3) is 11.8 Å². The SMILES string of the molecule is O=C1Nc2ccc(Cl)cc2C(=O)Nc2ccc(Cl)cc21. The lowest BCUT2D eigenvalue weighted by atomic mass is 10.1. The number of benzene rings is 2. The lowest BCUT2D eigenvalue weighted by Gasteiger charge is -2.18. The lowest BCUT2D eigenvalue weighted by molar-refractivity contribution is 0.102. The van der Waals surface area contributed by atoms with Crippen LogP contribution in [0.15, 0.2) is 36.4 Å². The summed E-state index contributed by atoms with van der Waals surface area (Å²) in [5.74, 6) is -0.683. The summed E-state index contributed by atoms with van der Waals surface area (Å²) in [6, 6.07) is 9.40. The van der Waals surface area contributed by atoms with Crippen LogP contribution < -0.4 is 10.6 Å². The van der Waals surface area contributed by atoms with Gasteiger partial charge in [0.2, 0.25) is 0 Å². The monoisotopic (exact) mass is 306 g/mol. The van der Waals surface area contributed by atoms with E-state index in [2.05, 4.69) is 10.6 Å². The zero-order valence-electron chi connectivity index (χ0n) is 10.0. The number of halogens is 2. The molecule has 4 nitrogen and oxygen atoms in total. The molecule has 0 unspecified atom stereocenters. The maximum atomic E-state index is 12.2. The van der Waals surface area contributed by atoms with Crippen LogP contribution in [0.5, 0.6) is 0 Å². The van der Waals surface area contributed by atoms with E-state index in [1.807, 2.05) is 0 Å². The fraction of sp³-hybridized carbons (Fsp3) is 0. The molecule has 2 N–H and O–H groups in total. The molecule has 3 rings (SSSR count). The van der Waals surface area contributed by atoms with E-state index in [9.17, 15) is 9.59 Å². The molecule has 0 fully saturated rings. The topological polar surface area (TPSA) is 58.2 Å². The van der Waals surface area contributed by atoms with E-state index in [4.69, 9.17) is 23.2 Å². The minimum atomic E-state index is -0.342. The average Bonchev–Trinajstić information content (AvgIpc) is 2.41. The number of nitrogens with one attached hydrogen (secondary N) is 2. The molecule has 0 radical (unpaired) electrons. The molecule has 6 heteroatoms. The highest BCUT2D eigenvalue weighted by atomic mass is 35.5. The molecule has 0 bridgehead atoms. The summed E-state index contributed by atoms with van der Waals surface area (Å²) in [6.45, 7) is 0. The summed E-state index contributed by atoms with van der Waals surface area (Å²) in [5, 5.41) is 6.22. The van der Waals surface area contributed by atoms with Gasteiger partial charge >= 0.3 is 0 Å². The minimum Gasteiger partial charge on any atom is -0.321 e. The van der Waals surface area contributed by atoms with Crippen molar-refractivity contribution in [3.8, 4) is 0 Å². The predicted molar refractivity (Wildman–Crippen MR) is 78.8 cm³/mol. The van der Waals surface area contributed by atoms with E-state index >= 15 is 0 Å². The molecule has 2 aromatic carbocycles. The van der Waals surface area contributed by atoms with E-state index in [0.29, 0.717) is 32.5 Å². The molecule has 1 heterocycles. The van der Waals surface area contributed by atoms with Crippen molar-refractivity contribution in [2.24, 2.45) is 0 Å². The van der Waals surface area contributed by atoms with Crippen LogP contribution in [0.4, 0.5) is 11.4 Å². The molecule has 0 aliphatic carbocycles. The molecule has 100 valence electrons. The first kappa shape index (κ1) is 13.0. The molecule has 0 atom stereocenters. The van der Waals surface area contributed by atoms with Gasteiger partial charge in [-0.25, -0.2) is 0 Å². The van der Waals surface area contributed by atoms with Gasteiger partial charge in [-0.1, -0.05) is 23.2 Å². The third kappa shape index (κ3) is 2.24. The lowest BCUT2D eigenvalue weighted by Crippen LogP contribution is -2.24. The van der Waals surface area contributed by atoms with E-state index in [1.54, 1.807) is 24.3 Å². The van der Waals surface area contributed by atoms with Crippen molar-refractivity contribution < 1.29 is 9.59 Å². The van der Waals surface area contributed by atoms with E-state index in [1.165, 1.54) is 12.1 Å². The highest BCUT2D eigenvalue weighted by Crippen LogP contribution is 2.28. The molecule has 0 saturated heterocycles.